The van der Waals surface area contributed by atoms with Crippen molar-refractivity contribution in [2.45, 2.75) is 18.9 Å². The predicted molar refractivity (Wildman–Crippen MR) is 66.1 cm³/mol. The van der Waals surface area contributed by atoms with Crippen LogP contribution in [0.5, 0.6) is 0 Å². The van der Waals surface area contributed by atoms with Gasteiger partial charge in [-0.1, -0.05) is 15.9 Å². The summed E-state index contributed by atoms with van der Waals surface area (Å²) < 4.78 is 14.3. The fraction of sp³-hybridized carbons (Fsp3) is 0.500. The summed E-state index contributed by atoms with van der Waals surface area (Å²) >= 11 is 6.59. The number of halogens is 3. The van der Waals surface area contributed by atoms with Gasteiger partial charge in [0.05, 0.1) is 0 Å². The normalized spacial score (nSPS) is 15.4. The van der Waals surface area contributed by atoms with E-state index in [0.29, 0.717) is 16.3 Å². The van der Waals surface area contributed by atoms with Crippen molar-refractivity contribution in [1.29, 1.82) is 0 Å². The van der Waals surface area contributed by atoms with E-state index < -0.39 is 0 Å². The van der Waals surface area contributed by atoms with E-state index in [1.165, 1.54) is 6.07 Å². The van der Waals surface area contributed by atoms with Gasteiger partial charge in [-0.05, 0) is 34.8 Å². The molecule has 1 aliphatic carbocycles. The van der Waals surface area contributed by atoms with E-state index in [9.17, 15) is 4.39 Å². The molecule has 2 nitrogen and oxygen atoms in total. The fourth-order valence-electron chi connectivity index (χ4n) is 1.56. The molecule has 82 valence electrons. The first-order valence-corrected chi connectivity index (χ1v) is 6.77. The summed E-state index contributed by atoms with van der Waals surface area (Å²) in [5.74, 6) is 0.220. The number of anilines is 1. The first-order chi connectivity index (χ1) is 7.22. The number of hydrogen-bond acceptors (Lipinski definition) is 2. The maximum atomic E-state index is 13.7. The van der Waals surface area contributed by atoms with Crippen molar-refractivity contribution >= 4 is 37.7 Å². The molecule has 0 bridgehead atoms. The quantitative estimate of drug-likeness (QED) is 0.783. The van der Waals surface area contributed by atoms with Crippen LogP contribution in [-0.2, 0) is 0 Å². The zero-order chi connectivity index (χ0) is 10.8. The summed E-state index contributed by atoms with van der Waals surface area (Å²) in [6.07, 6.45) is 3.93. The van der Waals surface area contributed by atoms with Gasteiger partial charge in [-0.3, -0.25) is 0 Å². The van der Waals surface area contributed by atoms with Crippen molar-refractivity contribution in [2.24, 2.45) is 0 Å². The molecule has 1 heterocycles. The SMILES string of the molecule is Fc1cc(Br)cnc1N(CCBr)C1CC1. The molecule has 5 heteroatoms. The Balaban J connectivity index is 2.24. The van der Waals surface area contributed by atoms with Crippen LogP contribution in [0.1, 0.15) is 12.8 Å². The van der Waals surface area contributed by atoms with E-state index in [-0.39, 0.29) is 5.82 Å². The average molecular weight is 338 g/mol. The van der Waals surface area contributed by atoms with E-state index in [2.05, 4.69) is 36.8 Å². The maximum absolute atomic E-state index is 13.7. The van der Waals surface area contributed by atoms with Gasteiger partial charge in [0.25, 0.3) is 0 Å². The van der Waals surface area contributed by atoms with Crippen LogP contribution < -0.4 is 4.90 Å². The van der Waals surface area contributed by atoms with E-state index >= 15 is 0 Å². The van der Waals surface area contributed by atoms with Gasteiger partial charge in [0, 0.05) is 28.6 Å². The highest BCUT2D eigenvalue weighted by Gasteiger charge is 2.31. The molecular weight excluding hydrogens is 327 g/mol. The van der Waals surface area contributed by atoms with Crippen LogP contribution >= 0.6 is 31.9 Å². The van der Waals surface area contributed by atoms with Crippen LogP contribution in [0.3, 0.4) is 0 Å². The standard InChI is InChI=1S/C10H11Br2FN2/c11-3-4-15(8-1-2-8)10-9(13)5-7(12)6-14-10/h5-6,8H,1-4H2. The van der Waals surface area contributed by atoms with Gasteiger partial charge in [0.2, 0.25) is 0 Å². The lowest BCUT2D eigenvalue weighted by Crippen LogP contribution is -2.29. The molecular formula is C10H11Br2FN2. The van der Waals surface area contributed by atoms with Gasteiger partial charge < -0.3 is 4.90 Å². The van der Waals surface area contributed by atoms with E-state index in [0.717, 1.165) is 24.7 Å². The lowest BCUT2D eigenvalue weighted by molar-refractivity contribution is 0.608. The second-order valence-electron chi connectivity index (χ2n) is 3.57. The maximum Gasteiger partial charge on any atom is 0.166 e. The third-order valence-corrected chi connectivity index (χ3v) is 3.16. The van der Waals surface area contributed by atoms with Gasteiger partial charge in [-0.15, -0.1) is 0 Å². The van der Waals surface area contributed by atoms with E-state index in [1.54, 1.807) is 6.20 Å². The first-order valence-electron chi connectivity index (χ1n) is 4.86. The molecule has 1 fully saturated rings. The lowest BCUT2D eigenvalue weighted by Gasteiger charge is -2.22. The fourth-order valence-corrected chi connectivity index (χ4v) is 2.24. The number of rotatable bonds is 4. The van der Waals surface area contributed by atoms with Crippen molar-refractivity contribution < 1.29 is 4.39 Å². The lowest BCUT2D eigenvalue weighted by atomic mass is 10.4. The Morgan fingerprint density at radius 1 is 1.53 bits per heavy atom. The van der Waals surface area contributed by atoms with Gasteiger partial charge >= 0.3 is 0 Å². The molecule has 0 saturated heterocycles. The van der Waals surface area contributed by atoms with Crippen LogP contribution in [0.15, 0.2) is 16.7 Å². The Kier molecular flexibility index (Phi) is 3.61. The third-order valence-electron chi connectivity index (χ3n) is 2.37. The number of aromatic nitrogens is 1. The minimum Gasteiger partial charge on any atom is -0.350 e. The van der Waals surface area contributed by atoms with Gasteiger partial charge in [0.15, 0.2) is 11.6 Å². The number of nitrogens with zero attached hydrogens (tertiary/aromatic N) is 2. The highest BCUT2D eigenvalue weighted by atomic mass is 79.9. The van der Waals surface area contributed by atoms with Crippen molar-refractivity contribution in [1.82, 2.24) is 4.98 Å². The number of pyridine rings is 1. The Morgan fingerprint density at radius 3 is 2.80 bits per heavy atom. The van der Waals surface area contributed by atoms with Gasteiger partial charge in [0.1, 0.15) is 0 Å². The van der Waals surface area contributed by atoms with Crippen LogP contribution in [0.25, 0.3) is 0 Å². The zero-order valence-electron chi connectivity index (χ0n) is 8.09. The molecule has 0 amide bonds. The first kappa shape index (κ1) is 11.3. The molecule has 15 heavy (non-hydrogen) atoms. The molecule has 0 atom stereocenters. The molecule has 1 aromatic rings. The van der Waals surface area contributed by atoms with Crippen LogP contribution in [0.4, 0.5) is 10.2 Å². The highest BCUT2D eigenvalue weighted by Crippen LogP contribution is 2.32. The minimum atomic E-state index is -0.253. The van der Waals surface area contributed by atoms with Gasteiger partial charge in [-0.2, -0.15) is 0 Å². The number of alkyl halides is 1. The van der Waals surface area contributed by atoms with Crippen molar-refractivity contribution in [3.63, 3.8) is 0 Å². The summed E-state index contributed by atoms with van der Waals surface area (Å²) in [4.78, 5) is 6.18. The topological polar surface area (TPSA) is 16.1 Å². The monoisotopic (exact) mass is 336 g/mol. The summed E-state index contributed by atoms with van der Waals surface area (Å²) in [6, 6.07) is 1.94. The molecule has 1 saturated carbocycles. The Hall–Kier alpha value is -0.160. The number of hydrogen-bond donors (Lipinski definition) is 0. The predicted octanol–water partition coefficient (Wildman–Crippen LogP) is 3.35. The van der Waals surface area contributed by atoms with Crippen molar-refractivity contribution in [2.75, 3.05) is 16.8 Å². The molecule has 1 aromatic heterocycles. The molecule has 0 unspecified atom stereocenters. The van der Waals surface area contributed by atoms with E-state index in [4.69, 9.17) is 0 Å². The second-order valence-corrected chi connectivity index (χ2v) is 5.28. The smallest absolute Gasteiger partial charge is 0.166 e. The largest absolute Gasteiger partial charge is 0.350 e. The average Bonchev–Trinajstić information content (AvgIpc) is 2.98. The summed E-state index contributed by atoms with van der Waals surface area (Å²) in [7, 11) is 0. The van der Waals surface area contributed by atoms with Crippen LogP contribution in [-0.4, -0.2) is 22.9 Å². The zero-order valence-corrected chi connectivity index (χ0v) is 11.3. The Bertz CT molecular complexity index is 355. The minimum absolute atomic E-state index is 0.253. The molecule has 0 spiro atoms. The van der Waals surface area contributed by atoms with Crippen LogP contribution in [0, 0.1) is 5.82 Å². The summed E-state index contributed by atoms with van der Waals surface area (Å²) in [5, 5.41) is 0.834. The molecule has 0 N–H and O–H groups in total. The Morgan fingerprint density at radius 2 is 2.27 bits per heavy atom. The van der Waals surface area contributed by atoms with Crippen LogP contribution in [0.2, 0.25) is 0 Å². The summed E-state index contributed by atoms with van der Waals surface area (Å²) in [5.41, 5.74) is 0. The van der Waals surface area contributed by atoms with Crippen molar-refractivity contribution in [3.8, 4) is 0 Å². The molecule has 0 aliphatic heterocycles. The molecule has 0 radical (unpaired) electrons. The van der Waals surface area contributed by atoms with Gasteiger partial charge in [-0.25, -0.2) is 9.37 Å². The molecule has 1 aliphatic rings. The third kappa shape index (κ3) is 2.69. The molecule has 0 aromatic carbocycles. The van der Waals surface area contributed by atoms with Crippen molar-refractivity contribution in [3.05, 3.63) is 22.6 Å². The highest BCUT2D eigenvalue weighted by molar-refractivity contribution is 9.10. The second kappa shape index (κ2) is 4.78. The molecule has 2 rings (SSSR count). The van der Waals surface area contributed by atoms with E-state index in [1.807, 2.05) is 4.90 Å². The Labute approximate surface area is 105 Å². The summed E-state index contributed by atoms with van der Waals surface area (Å²) in [6.45, 7) is 0.802.